The van der Waals surface area contributed by atoms with Crippen molar-refractivity contribution in [3.8, 4) is 17.0 Å². The Balaban J connectivity index is 1.63. The Labute approximate surface area is 171 Å². The number of carbonyl (C=O) groups excluding carboxylic acids is 1. The van der Waals surface area contributed by atoms with Crippen LogP contribution in [0.4, 0.5) is 5.69 Å². The van der Waals surface area contributed by atoms with Crippen molar-refractivity contribution in [3.05, 3.63) is 58.7 Å². The highest BCUT2D eigenvalue weighted by Crippen LogP contribution is 2.27. The maximum absolute atomic E-state index is 12.2. The molecule has 27 heavy (non-hydrogen) atoms. The van der Waals surface area contributed by atoms with Crippen LogP contribution in [0, 0.1) is 0 Å². The third kappa shape index (κ3) is 4.77. The van der Waals surface area contributed by atoms with Gasteiger partial charge in [0.15, 0.2) is 5.16 Å². The van der Waals surface area contributed by atoms with Gasteiger partial charge in [-0.1, -0.05) is 35.0 Å². The van der Waals surface area contributed by atoms with E-state index in [0.717, 1.165) is 22.2 Å². The lowest BCUT2D eigenvalue weighted by Gasteiger charge is -2.08. The van der Waals surface area contributed by atoms with Crippen LogP contribution in [0.1, 0.15) is 0 Å². The summed E-state index contributed by atoms with van der Waals surface area (Å²) in [7, 11) is 3.56. The molecule has 1 heterocycles. The normalized spacial score (nSPS) is 10.7. The molecular weight excluding hydrogens is 405 g/mol. The predicted octanol–water partition coefficient (Wildman–Crippen LogP) is 5.13. The van der Waals surface area contributed by atoms with Gasteiger partial charge in [0.05, 0.1) is 34.8 Å². The van der Waals surface area contributed by atoms with E-state index in [1.54, 1.807) is 31.5 Å². The number of hydrogen-bond donors (Lipinski definition) is 1. The smallest absolute Gasteiger partial charge is 0.234 e. The molecule has 1 N–H and O–H groups in total. The number of halogens is 2. The van der Waals surface area contributed by atoms with Crippen molar-refractivity contribution in [2.45, 2.75) is 5.16 Å². The number of methoxy groups -OCH3 is 1. The molecule has 0 bridgehead atoms. The second-order valence-corrected chi connectivity index (χ2v) is 7.44. The van der Waals surface area contributed by atoms with Gasteiger partial charge in [0.25, 0.3) is 0 Å². The van der Waals surface area contributed by atoms with E-state index in [9.17, 15) is 4.79 Å². The first-order chi connectivity index (χ1) is 13.0. The van der Waals surface area contributed by atoms with Crippen LogP contribution >= 0.6 is 35.0 Å². The molecule has 0 saturated heterocycles. The largest absolute Gasteiger partial charge is 0.497 e. The van der Waals surface area contributed by atoms with E-state index in [4.69, 9.17) is 27.9 Å². The molecule has 0 aliphatic rings. The Hall–Kier alpha value is -2.15. The number of nitrogens with one attached hydrogen (secondary N) is 1. The predicted molar refractivity (Wildman–Crippen MR) is 111 cm³/mol. The Morgan fingerprint density at radius 2 is 1.93 bits per heavy atom. The Bertz CT molecular complexity index is 958. The lowest BCUT2D eigenvalue weighted by molar-refractivity contribution is -0.113. The number of carbonyl (C=O) groups is 1. The van der Waals surface area contributed by atoms with Crippen LogP contribution in [0.5, 0.6) is 5.75 Å². The van der Waals surface area contributed by atoms with Gasteiger partial charge in [-0.2, -0.15) is 0 Å². The number of imidazole rings is 1. The zero-order valence-electron chi connectivity index (χ0n) is 14.7. The minimum absolute atomic E-state index is 0.146. The fraction of sp³-hybridized carbons (Fsp3) is 0.158. The third-order valence-electron chi connectivity index (χ3n) is 3.87. The molecule has 1 aromatic heterocycles. The first-order valence-corrected chi connectivity index (χ1v) is 9.76. The molecule has 3 aromatic rings. The van der Waals surface area contributed by atoms with E-state index in [1.165, 1.54) is 11.8 Å². The van der Waals surface area contributed by atoms with E-state index in [-0.39, 0.29) is 11.7 Å². The molecule has 8 heteroatoms. The zero-order valence-corrected chi connectivity index (χ0v) is 17.0. The van der Waals surface area contributed by atoms with Crippen molar-refractivity contribution in [2.24, 2.45) is 7.05 Å². The summed E-state index contributed by atoms with van der Waals surface area (Å²) in [4.78, 5) is 16.6. The second kappa shape index (κ2) is 8.69. The number of aromatic nitrogens is 2. The number of rotatable bonds is 6. The summed E-state index contributed by atoms with van der Waals surface area (Å²) in [6, 6.07) is 12.7. The van der Waals surface area contributed by atoms with Gasteiger partial charge in [0.2, 0.25) is 5.91 Å². The summed E-state index contributed by atoms with van der Waals surface area (Å²) in [5, 5.41) is 4.40. The lowest BCUT2D eigenvalue weighted by atomic mass is 10.1. The minimum Gasteiger partial charge on any atom is -0.497 e. The van der Waals surface area contributed by atoms with Gasteiger partial charge in [0, 0.05) is 18.3 Å². The number of nitrogens with zero attached hydrogens (tertiary/aromatic N) is 2. The fourth-order valence-electron chi connectivity index (χ4n) is 2.46. The lowest BCUT2D eigenvalue weighted by Crippen LogP contribution is -2.14. The molecule has 0 aliphatic heterocycles. The van der Waals surface area contributed by atoms with Crippen LogP contribution in [0.25, 0.3) is 11.3 Å². The van der Waals surface area contributed by atoms with Crippen LogP contribution < -0.4 is 10.1 Å². The Morgan fingerprint density at radius 3 is 2.59 bits per heavy atom. The summed E-state index contributed by atoms with van der Waals surface area (Å²) in [5.41, 5.74) is 2.59. The Kier molecular flexibility index (Phi) is 6.31. The monoisotopic (exact) mass is 421 g/mol. The number of benzene rings is 2. The molecule has 1 amide bonds. The first kappa shape index (κ1) is 19.6. The van der Waals surface area contributed by atoms with Gasteiger partial charge < -0.3 is 14.6 Å². The summed E-state index contributed by atoms with van der Waals surface area (Å²) in [6.07, 6.45) is 1.79. The Morgan fingerprint density at radius 1 is 1.19 bits per heavy atom. The van der Waals surface area contributed by atoms with E-state index in [1.807, 2.05) is 35.9 Å². The maximum atomic E-state index is 12.2. The topological polar surface area (TPSA) is 56.1 Å². The summed E-state index contributed by atoms with van der Waals surface area (Å²) in [5.74, 6) is 0.884. The molecule has 0 radical (unpaired) electrons. The van der Waals surface area contributed by atoms with Crippen LogP contribution in [0.15, 0.2) is 53.8 Å². The average molecular weight is 422 g/mol. The van der Waals surface area contributed by atoms with Crippen molar-refractivity contribution in [2.75, 3.05) is 18.2 Å². The molecule has 0 atom stereocenters. The summed E-state index contributed by atoms with van der Waals surface area (Å²) in [6.45, 7) is 0. The molecule has 0 aliphatic carbocycles. The van der Waals surface area contributed by atoms with E-state index in [0.29, 0.717) is 15.7 Å². The van der Waals surface area contributed by atoms with Gasteiger partial charge >= 0.3 is 0 Å². The molecule has 0 spiro atoms. The molecule has 5 nitrogen and oxygen atoms in total. The van der Waals surface area contributed by atoms with Crippen LogP contribution in [-0.4, -0.2) is 28.3 Å². The van der Waals surface area contributed by atoms with Crippen molar-refractivity contribution in [1.29, 1.82) is 0 Å². The quantitative estimate of drug-likeness (QED) is 0.560. The number of anilines is 1. The fourth-order valence-corrected chi connectivity index (χ4v) is 3.51. The standard InChI is InChI=1S/C19H17Cl2N3O2S/c1-24-17(12-3-6-14(26-2)7-4-12)10-22-19(24)27-11-18(25)23-13-5-8-15(20)16(21)9-13/h3-10H,11H2,1-2H3,(H,23,25). The maximum Gasteiger partial charge on any atom is 0.234 e. The van der Waals surface area contributed by atoms with Crippen LogP contribution in [0.3, 0.4) is 0 Å². The second-order valence-electron chi connectivity index (χ2n) is 5.68. The van der Waals surface area contributed by atoms with E-state index in [2.05, 4.69) is 10.3 Å². The van der Waals surface area contributed by atoms with E-state index >= 15 is 0 Å². The SMILES string of the molecule is COc1ccc(-c2cnc(SCC(=O)Nc3ccc(Cl)c(Cl)c3)n2C)cc1. The molecule has 3 rings (SSSR count). The number of amides is 1. The molecule has 140 valence electrons. The minimum atomic E-state index is -0.146. The molecule has 0 unspecified atom stereocenters. The van der Waals surface area contributed by atoms with Crippen LogP contribution in [-0.2, 0) is 11.8 Å². The molecule has 2 aromatic carbocycles. The average Bonchev–Trinajstić information content (AvgIpc) is 3.03. The summed E-state index contributed by atoms with van der Waals surface area (Å²) >= 11 is 13.2. The van der Waals surface area contributed by atoms with E-state index < -0.39 is 0 Å². The molecular formula is C19H17Cl2N3O2S. The van der Waals surface area contributed by atoms with Crippen molar-refractivity contribution in [1.82, 2.24) is 9.55 Å². The molecule has 0 fully saturated rings. The van der Waals surface area contributed by atoms with Gasteiger partial charge in [-0.3, -0.25) is 4.79 Å². The van der Waals surface area contributed by atoms with Crippen molar-refractivity contribution >= 4 is 46.6 Å². The first-order valence-electron chi connectivity index (χ1n) is 8.02. The zero-order chi connectivity index (χ0) is 19.4. The van der Waals surface area contributed by atoms with Crippen molar-refractivity contribution in [3.63, 3.8) is 0 Å². The van der Waals surface area contributed by atoms with Gasteiger partial charge in [-0.05, 0) is 42.5 Å². The van der Waals surface area contributed by atoms with Crippen molar-refractivity contribution < 1.29 is 9.53 Å². The number of hydrogen-bond acceptors (Lipinski definition) is 4. The van der Waals surface area contributed by atoms with Gasteiger partial charge in [-0.15, -0.1) is 0 Å². The third-order valence-corrected chi connectivity index (χ3v) is 5.65. The highest BCUT2D eigenvalue weighted by molar-refractivity contribution is 7.99. The number of ether oxygens (including phenoxy) is 1. The van der Waals surface area contributed by atoms with Gasteiger partial charge in [0.1, 0.15) is 5.75 Å². The highest BCUT2D eigenvalue weighted by Gasteiger charge is 2.12. The number of thioether (sulfide) groups is 1. The summed E-state index contributed by atoms with van der Waals surface area (Å²) < 4.78 is 7.14. The highest BCUT2D eigenvalue weighted by atomic mass is 35.5. The van der Waals surface area contributed by atoms with Gasteiger partial charge in [-0.25, -0.2) is 4.98 Å². The van der Waals surface area contributed by atoms with Crippen LogP contribution in [0.2, 0.25) is 10.0 Å². The molecule has 0 saturated carbocycles.